The molecule has 8 heteroatoms. The maximum Gasteiger partial charge on any atom is 0.246 e. The highest BCUT2D eigenvalue weighted by atomic mass is 35.5. The molecule has 4 rings (SSSR count). The number of carbonyl (C=O) groups is 1. The van der Waals surface area contributed by atoms with Crippen molar-refractivity contribution in [2.45, 2.75) is 26.3 Å². The summed E-state index contributed by atoms with van der Waals surface area (Å²) in [6.45, 7) is 3.98. The van der Waals surface area contributed by atoms with Gasteiger partial charge in [0.2, 0.25) is 5.91 Å². The van der Waals surface area contributed by atoms with Gasteiger partial charge in [0, 0.05) is 23.8 Å². The molecule has 0 radical (unpaired) electrons. The Bertz CT molecular complexity index is 963. The number of nitrogens with one attached hydrogen (secondary N) is 1. The van der Waals surface area contributed by atoms with Crippen molar-refractivity contribution in [2.24, 2.45) is 0 Å². The zero-order valence-corrected chi connectivity index (χ0v) is 15.2. The minimum atomic E-state index is -0.165. The summed E-state index contributed by atoms with van der Waals surface area (Å²) in [6, 6.07) is 5.36. The number of anilines is 2. The lowest BCUT2D eigenvalue weighted by Crippen LogP contribution is -2.21. The number of hydrogen-bond acceptors (Lipinski definition) is 5. The predicted octanol–water partition coefficient (Wildman–Crippen LogP) is 3.03. The molecular weight excluding hydrogens is 352 g/mol. The zero-order valence-electron chi connectivity index (χ0n) is 14.4. The monoisotopic (exact) mass is 370 g/mol. The fraction of sp³-hybridized carbons (Fsp3) is 0.333. The smallest absolute Gasteiger partial charge is 0.246 e. The second-order valence-corrected chi connectivity index (χ2v) is 6.87. The molecule has 0 bridgehead atoms. The van der Waals surface area contributed by atoms with Crippen LogP contribution in [0.15, 0.2) is 30.7 Å². The molecule has 1 N–H and O–H groups in total. The fourth-order valence-electron chi connectivity index (χ4n) is 3.27. The summed E-state index contributed by atoms with van der Waals surface area (Å²) in [5, 5.41) is 8.77. The van der Waals surface area contributed by atoms with E-state index in [4.69, 9.17) is 11.6 Å². The molecule has 1 aliphatic rings. The van der Waals surface area contributed by atoms with Crippen LogP contribution in [0.25, 0.3) is 11.0 Å². The van der Waals surface area contributed by atoms with Crippen molar-refractivity contribution in [3.8, 4) is 0 Å². The van der Waals surface area contributed by atoms with Crippen molar-refractivity contribution in [3.05, 3.63) is 41.3 Å². The van der Waals surface area contributed by atoms with Gasteiger partial charge < -0.3 is 10.2 Å². The Balaban J connectivity index is 1.55. The van der Waals surface area contributed by atoms with Crippen LogP contribution >= 0.6 is 11.6 Å². The summed E-state index contributed by atoms with van der Waals surface area (Å²) in [4.78, 5) is 23.4. The topological polar surface area (TPSA) is 75.9 Å². The fourth-order valence-corrected chi connectivity index (χ4v) is 3.50. The molecule has 0 unspecified atom stereocenters. The third-order valence-corrected chi connectivity index (χ3v) is 4.81. The van der Waals surface area contributed by atoms with E-state index < -0.39 is 0 Å². The van der Waals surface area contributed by atoms with E-state index in [0.29, 0.717) is 10.7 Å². The largest absolute Gasteiger partial charge is 0.356 e. The molecule has 0 atom stereocenters. The van der Waals surface area contributed by atoms with Crippen LogP contribution in [0.5, 0.6) is 0 Å². The van der Waals surface area contributed by atoms with E-state index in [-0.39, 0.29) is 12.5 Å². The number of aryl methyl sites for hydroxylation is 1. The molecular formula is C18H19ClN6O. The maximum atomic E-state index is 12.4. The van der Waals surface area contributed by atoms with E-state index in [9.17, 15) is 4.79 Å². The van der Waals surface area contributed by atoms with Gasteiger partial charge in [-0.3, -0.25) is 4.79 Å². The van der Waals surface area contributed by atoms with Gasteiger partial charge in [0.1, 0.15) is 18.7 Å². The van der Waals surface area contributed by atoms with Gasteiger partial charge in [-0.2, -0.15) is 5.10 Å². The average Bonchev–Trinajstić information content (AvgIpc) is 3.28. The zero-order chi connectivity index (χ0) is 18.1. The lowest BCUT2D eigenvalue weighted by Gasteiger charge is -2.16. The average molecular weight is 371 g/mol. The van der Waals surface area contributed by atoms with Gasteiger partial charge in [-0.25, -0.2) is 14.6 Å². The number of halogens is 1. The quantitative estimate of drug-likeness (QED) is 0.764. The van der Waals surface area contributed by atoms with Crippen LogP contribution in [0, 0.1) is 6.92 Å². The number of carbonyl (C=O) groups excluding carboxylic acids is 1. The van der Waals surface area contributed by atoms with Crippen LogP contribution < -0.4 is 10.2 Å². The molecule has 1 aromatic carbocycles. The Morgan fingerprint density at radius 2 is 2.08 bits per heavy atom. The molecule has 2 aromatic heterocycles. The summed E-state index contributed by atoms with van der Waals surface area (Å²) in [6.07, 6.45) is 5.62. The van der Waals surface area contributed by atoms with Crippen LogP contribution in [0.1, 0.15) is 18.4 Å². The molecule has 134 valence electrons. The van der Waals surface area contributed by atoms with E-state index in [2.05, 4.69) is 25.3 Å². The molecule has 0 saturated carbocycles. The van der Waals surface area contributed by atoms with E-state index in [1.807, 2.05) is 13.0 Å². The number of rotatable bonds is 4. The number of aromatic nitrogens is 4. The first-order valence-electron chi connectivity index (χ1n) is 8.59. The van der Waals surface area contributed by atoms with Gasteiger partial charge in [-0.05, 0) is 43.5 Å². The summed E-state index contributed by atoms with van der Waals surface area (Å²) < 4.78 is 1.61. The van der Waals surface area contributed by atoms with Crippen molar-refractivity contribution in [2.75, 3.05) is 23.3 Å². The first-order valence-corrected chi connectivity index (χ1v) is 8.97. The summed E-state index contributed by atoms with van der Waals surface area (Å²) in [5.74, 6) is 0.731. The first kappa shape index (κ1) is 16.8. The molecule has 1 aliphatic heterocycles. The highest BCUT2D eigenvalue weighted by Gasteiger charge is 2.19. The van der Waals surface area contributed by atoms with Crippen LogP contribution in [0.4, 0.5) is 11.5 Å². The number of amides is 1. The highest BCUT2D eigenvalue weighted by Crippen LogP contribution is 2.25. The van der Waals surface area contributed by atoms with Crippen molar-refractivity contribution in [1.82, 2.24) is 19.7 Å². The van der Waals surface area contributed by atoms with Gasteiger partial charge in [0.25, 0.3) is 0 Å². The van der Waals surface area contributed by atoms with Crippen LogP contribution in [-0.2, 0) is 11.3 Å². The molecule has 1 fully saturated rings. The van der Waals surface area contributed by atoms with Gasteiger partial charge in [-0.1, -0.05) is 11.6 Å². The van der Waals surface area contributed by atoms with Gasteiger partial charge in [-0.15, -0.1) is 0 Å². The first-order chi connectivity index (χ1) is 12.6. The summed E-state index contributed by atoms with van der Waals surface area (Å²) in [5.41, 5.74) is 2.32. The minimum Gasteiger partial charge on any atom is -0.356 e. The SMILES string of the molecule is Cc1cc(Cl)ccc1NC(=O)Cn1ncc2c(N3CCCC3)ncnc21. The third kappa shape index (κ3) is 3.22. The number of hydrogen-bond donors (Lipinski definition) is 1. The molecule has 0 spiro atoms. The van der Waals surface area contributed by atoms with Crippen LogP contribution in [-0.4, -0.2) is 38.7 Å². The lowest BCUT2D eigenvalue weighted by atomic mass is 10.2. The van der Waals surface area contributed by atoms with Crippen LogP contribution in [0.3, 0.4) is 0 Å². The van der Waals surface area contributed by atoms with Crippen molar-refractivity contribution < 1.29 is 4.79 Å². The Hall–Kier alpha value is -2.67. The number of nitrogens with zero attached hydrogens (tertiary/aromatic N) is 5. The molecule has 3 aromatic rings. The third-order valence-electron chi connectivity index (χ3n) is 4.57. The van der Waals surface area contributed by atoms with E-state index >= 15 is 0 Å². The summed E-state index contributed by atoms with van der Waals surface area (Å²) >= 11 is 5.96. The van der Waals surface area contributed by atoms with Crippen molar-refractivity contribution in [3.63, 3.8) is 0 Å². The lowest BCUT2D eigenvalue weighted by molar-refractivity contribution is -0.116. The Morgan fingerprint density at radius 1 is 1.27 bits per heavy atom. The maximum absolute atomic E-state index is 12.4. The van der Waals surface area contributed by atoms with Gasteiger partial charge in [0.05, 0.1) is 11.6 Å². The van der Waals surface area contributed by atoms with Gasteiger partial charge >= 0.3 is 0 Å². The Morgan fingerprint density at radius 3 is 2.85 bits per heavy atom. The standard InChI is InChI=1S/C18H19ClN6O/c1-12-8-13(19)4-5-15(12)23-16(26)10-25-18-14(9-22-25)17(20-11-21-18)24-6-2-3-7-24/h4-5,8-9,11H,2-3,6-7,10H2,1H3,(H,23,26). The normalized spacial score (nSPS) is 14.2. The molecule has 0 aliphatic carbocycles. The molecule has 26 heavy (non-hydrogen) atoms. The Kier molecular flexibility index (Phi) is 4.46. The molecule has 7 nitrogen and oxygen atoms in total. The van der Waals surface area contributed by atoms with Crippen molar-refractivity contribution >= 4 is 40.0 Å². The second kappa shape index (κ2) is 6.92. The Labute approximate surface area is 156 Å². The van der Waals surface area contributed by atoms with Gasteiger partial charge in [0.15, 0.2) is 5.65 Å². The number of fused-ring (bicyclic) bond motifs is 1. The molecule has 1 amide bonds. The van der Waals surface area contributed by atoms with Crippen LogP contribution in [0.2, 0.25) is 5.02 Å². The highest BCUT2D eigenvalue weighted by molar-refractivity contribution is 6.30. The molecule has 1 saturated heterocycles. The predicted molar refractivity (Wildman–Crippen MR) is 102 cm³/mol. The number of benzene rings is 1. The summed E-state index contributed by atoms with van der Waals surface area (Å²) in [7, 11) is 0. The van der Waals surface area contributed by atoms with E-state index in [1.54, 1.807) is 23.0 Å². The van der Waals surface area contributed by atoms with E-state index in [0.717, 1.165) is 35.5 Å². The van der Waals surface area contributed by atoms with E-state index in [1.165, 1.54) is 19.2 Å². The second-order valence-electron chi connectivity index (χ2n) is 6.44. The minimum absolute atomic E-state index is 0.0853. The molecule has 3 heterocycles. The van der Waals surface area contributed by atoms with Crippen molar-refractivity contribution in [1.29, 1.82) is 0 Å².